The molecule has 22 heavy (non-hydrogen) atoms. The van der Waals surface area contributed by atoms with E-state index in [9.17, 15) is 5.26 Å². The first kappa shape index (κ1) is 15.1. The van der Waals surface area contributed by atoms with Crippen LogP contribution in [0, 0.1) is 11.3 Å². The molecule has 0 saturated heterocycles. The van der Waals surface area contributed by atoms with Crippen molar-refractivity contribution in [3.8, 4) is 6.07 Å². The van der Waals surface area contributed by atoms with E-state index in [0.29, 0.717) is 0 Å². The summed E-state index contributed by atoms with van der Waals surface area (Å²) in [6.07, 6.45) is 8.72. The number of thioether (sulfide) groups is 1. The lowest BCUT2D eigenvalue weighted by Gasteiger charge is -2.18. The molecular weight excluding hydrogens is 288 g/mol. The smallest absolute Gasteiger partial charge is 0.202 e. The van der Waals surface area contributed by atoms with Gasteiger partial charge in [-0.2, -0.15) is 5.26 Å². The summed E-state index contributed by atoms with van der Waals surface area (Å²) in [4.78, 5) is 3.55. The summed E-state index contributed by atoms with van der Waals surface area (Å²) in [5.74, 6) is 0. The number of nitrogens with one attached hydrogen (secondary N) is 1. The van der Waals surface area contributed by atoms with Crippen LogP contribution in [0.2, 0.25) is 0 Å². The number of nitrogens with zero attached hydrogens (tertiary/aromatic N) is 1. The van der Waals surface area contributed by atoms with E-state index in [1.807, 2.05) is 6.26 Å². The number of fused-ring (bicyclic) bond motifs is 1. The maximum atomic E-state index is 9.52. The van der Waals surface area contributed by atoms with Gasteiger partial charge in [0.1, 0.15) is 11.6 Å². The minimum Gasteiger partial charge on any atom is -0.202 e. The SMILES string of the molecule is CSc1[nH+]c(CCc2ccccc2)c2c(c1C#N)CCCC2. The molecule has 1 aromatic carbocycles. The molecular formula is C19H21N2S+. The van der Waals surface area contributed by atoms with Crippen LogP contribution in [0.25, 0.3) is 0 Å². The van der Waals surface area contributed by atoms with Gasteiger partial charge in [-0.15, -0.1) is 0 Å². The number of benzene rings is 1. The number of pyridine rings is 1. The standard InChI is InChI=1S/C19H20N2S/c1-22-19-17(13-20)15-9-5-6-10-16(15)18(21-19)12-11-14-7-3-2-4-8-14/h2-4,7-8H,5-6,9-12H2,1H3/p+1. The molecule has 3 heteroatoms. The van der Waals surface area contributed by atoms with Crippen molar-refractivity contribution < 1.29 is 4.98 Å². The van der Waals surface area contributed by atoms with Crippen LogP contribution in [0.5, 0.6) is 0 Å². The predicted molar refractivity (Wildman–Crippen MR) is 90.0 cm³/mol. The molecule has 3 rings (SSSR count). The number of hydrogen-bond acceptors (Lipinski definition) is 2. The monoisotopic (exact) mass is 309 g/mol. The lowest BCUT2D eigenvalue weighted by atomic mass is 9.87. The third kappa shape index (κ3) is 3.03. The number of hydrogen-bond donors (Lipinski definition) is 0. The minimum atomic E-state index is 0.880. The summed E-state index contributed by atoms with van der Waals surface area (Å²) in [6, 6.07) is 13.1. The Balaban J connectivity index is 1.95. The van der Waals surface area contributed by atoms with Gasteiger partial charge in [-0.25, -0.2) is 4.98 Å². The molecule has 0 atom stereocenters. The Morgan fingerprint density at radius 2 is 1.82 bits per heavy atom. The zero-order chi connectivity index (χ0) is 15.4. The molecule has 2 aromatic rings. The van der Waals surface area contributed by atoms with Crippen molar-refractivity contribution in [1.82, 2.24) is 0 Å². The van der Waals surface area contributed by atoms with E-state index < -0.39 is 0 Å². The molecule has 0 aliphatic heterocycles. The van der Waals surface area contributed by atoms with Crippen molar-refractivity contribution in [3.63, 3.8) is 0 Å². The minimum absolute atomic E-state index is 0.880. The third-order valence-corrected chi connectivity index (χ3v) is 5.16. The summed E-state index contributed by atoms with van der Waals surface area (Å²) in [7, 11) is 0. The number of aryl methyl sites for hydroxylation is 2. The van der Waals surface area contributed by atoms with E-state index in [1.165, 1.54) is 35.2 Å². The van der Waals surface area contributed by atoms with Crippen molar-refractivity contribution in [2.45, 2.75) is 43.6 Å². The first-order chi connectivity index (χ1) is 10.8. The van der Waals surface area contributed by atoms with Crippen molar-refractivity contribution >= 4 is 11.8 Å². The highest BCUT2D eigenvalue weighted by molar-refractivity contribution is 7.98. The van der Waals surface area contributed by atoms with Gasteiger partial charge in [-0.05, 0) is 49.5 Å². The van der Waals surface area contributed by atoms with Crippen LogP contribution >= 0.6 is 11.8 Å². The van der Waals surface area contributed by atoms with Crippen molar-refractivity contribution in [2.75, 3.05) is 6.26 Å². The van der Waals surface area contributed by atoms with Gasteiger partial charge in [0.05, 0.1) is 0 Å². The Labute approximate surface area is 136 Å². The highest BCUT2D eigenvalue weighted by Gasteiger charge is 2.26. The molecule has 1 aliphatic rings. The summed E-state index contributed by atoms with van der Waals surface area (Å²) in [6.45, 7) is 0. The van der Waals surface area contributed by atoms with E-state index in [1.54, 1.807) is 11.8 Å². The Hall–Kier alpha value is -1.79. The van der Waals surface area contributed by atoms with Crippen LogP contribution in [-0.2, 0) is 25.7 Å². The number of aromatic amines is 1. The molecule has 0 unspecified atom stereocenters. The largest absolute Gasteiger partial charge is 0.256 e. The van der Waals surface area contributed by atoms with Gasteiger partial charge in [-0.1, -0.05) is 42.1 Å². The topological polar surface area (TPSA) is 37.9 Å². The average Bonchev–Trinajstić information content (AvgIpc) is 2.59. The second kappa shape index (κ2) is 6.98. The molecule has 0 bridgehead atoms. The Morgan fingerprint density at radius 3 is 2.50 bits per heavy atom. The van der Waals surface area contributed by atoms with Gasteiger partial charge in [0.2, 0.25) is 0 Å². The molecule has 112 valence electrons. The van der Waals surface area contributed by atoms with E-state index in [0.717, 1.165) is 36.3 Å². The van der Waals surface area contributed by atoms with Crippen molar-refractivity contribution in [2.24, 2.45) is 0 Å². The van der Waals surface area contributed by atoms with Crippen LogP contribution in [-0.4, -0.2) is 6.26 Å². The first-order valence-electron chi connectivity index (χ1n) is 7.91. The molecule has 2 nitrogen and oxygen atoms in total. The molecule has 0 fully saturated rings. The fraction of sp³-hybridized carbons (Fsp3) is 0.368. The van der Waals surface area contributed by atoms with Gasteiger partial charge in [-0.3, -0.25) is 0 Å². The zero-order valence-corrected chi connectivity index (χ0v) is 13.8. The fourth-order valence-electron chi connectivity index (χ4n) is 3.33. The van der Waals surface area contributed by atoms with Crippen molar-refractivity contribution in [1.29, 1.82) is 5.26 Å². The van der Waals surface area contributed by atoms with Gasteiger partial charge >= 0.3 is 0 Å². The summed E-state index contributed by atoms with van der Waals surface area (Å²) < 4.78 is 0. The lowest BCUT2D eigenvalue weighted by Crippen LogP contribution is -2.24. The second-order valence-electron chi connectivity index (χ2n) is 5.77. The zero-order valence-electron chi connectivity index (χ0n) is 13.0. The molecule has 0 amide bonds. The van der Waals surface area contributed by atoms with Crippen LogP contribution in [0.1, 0.15) is 40.8 Å². The van der Waals surface area contributed by atoms with Gasteiger partial charge in [0.15, 0.2) is 5.69 Å². The van der Waals surface area contributed by atoms with Gasteiger partial charge in [0.25, 0.3) is 5.03 Å². The highest BCUT2D eigenvalue weighted by atomic mass is 32.2. The molecule has 1 N–H and O–H groups in total. The summed E-state index contributed by atoms with van der Waals surface area (Å²) in [5, 5.41) is 10.6. The van der Waals surface area contributed by atoms with Gasteiger partial charge < -0.3 is 0 Å². The fourth-order valence-corrected chi connectivity index (χ4v) is 3.92. The predicted octanol–water partition coefficient (Wildman–Crippen LogP) is 3.76. The van der Waals surface area contributed by atoms with E-state index >= 15 is 0 Å². The van der Waals surface area contributed by atoms with Gasteiger partial charge in [0, 0.05) is 12.0 Å². The molecule has 1 heterocycles. The second-order valence-corrected chi connectivity index (χ2v) is 6.59. The Kier molecular flexibility index (Phi) is 4.80. The number of rotatable bonds is 4. The third-order valence-electron chi connectivity index (χ3n) is 4.45. The average molecular weight is 309 g/mol. The van der Waals surface area contributed by atoms with E-state index in [-0.39, 0.29) is 0 Å². The molecule has 1 aliphatic carbocycles. The van der Waals surface area contributed by atoms with Crippen LogP contribution in [0.4, 0.5) is 0 Å². The summed E-state index contributed by atoms with van der Waals surface area (Å²) >= 11 is 1.65. The van der Waals surface area contributed by atoms with Crippen LogP contribution in [0.3, 0.4) is 0 Å². The normalized spacial score (nSPS) is 13.5. The number of nitriles is 1. The van der Waals surface area contributed by atoms with Crippen molar-refractivity contribution in [3.05, 3.63) is 58.3 Å². The Bertz CT molecular complexity index is 702. The highest BCUT2D eigenvalue weighted by Crippen LogP contribution is 2.29. The molecule has 0 radical (unpaired) electrons. The first-order valence-corrected chi connectivity index (χ1v) is 9.14. The maximum absolute atomic E-state index is 9.52. The molecule has 0 spiro atoms. The number of H-pyrrole nitrogens is 1. The Morgan fingerprint density at radius 1 is 1.09 bits per heavy atom. The summed E-state index contributed by atoms with van der Waals surface area (Å²) in [5.41, 5.74) is 6.31. The quantitative estimate of drug-likeness (QED) is 0.807. The van der Waals surface area contributed by atoms with E-state index in [4.69, 9.17) is 0 Å². The van der Waals surface area contributed by atoms with Crippen LogP contribution < -0.4 is 4.98 Å². The molecule has 1 aromatic heterocycles. The van der Waals surface area contributed by atoms with E-state index in [2.05, 4.69) is 41.4 Å². The molecule has 0 saturated carbocycles. The lowest BCUT2D eigenvalue weighted by molar-refractivity contribution is -0.439. The van der Waals surface area contributed by atoms with Crippen LogP contribution in [0.15, 0.2) is 35.4 Å². The maximum Gasteiger partial charge on any atom is 0.256 e. The number of aromatic nitrogens is 1.